The van der Waals surface area contributed by atoms with Crippen molar-refractivity contribution in [2.75, 3.05) is 0 Å². The lowest BCUT2D eigenvalue weighted by molar-refractivity contribution is -0.131. The van der Waals surface area contributed by atoms with E-state index in [-0.39, 0.29) is 11.9 Å². The minimum absolute atomic E-state index is 0.0299. The average molecular weight is 231 g/mol. The average Bonchev–Trinajstić information content (AvgIpc) is 2.51. The zero-order valence-electron chi connectivity index (χ0n) is 9.98. The van der Waals surface area contributed by atoms with Crippen LogP contribution in [0.2, 0.25) is 0 Å². The zero-order chi connectivity index (χ0) is 12.6. The van der Waals surface area contributed by atoms with Crippen LogP contribution in [0.3, 0.4) is 0 Å². The van der Waals surface area contributed by atoms with Crippen molar-refractivity contribution in [3.63, 3.8) is 0 Å². The standard InChI is InChI=1S/C13H13NO3/c1-8-6-11-7-12(17-10(3)16)4-5-13(11)14(8)9(2)15/h4-7H,1-3H3. The van der Waals surface area contributed by atoms with Crippen molar-refractivity contribution < 1.29 is 14.3 Å². The Bertz CT molecular complexity index is 610. The third-order valence-corrected chi connectivity index (χ3v) is 2.53. The van der Waals surface area contributed by atoms with E-state index in [1.165, 1.54) is 13.8 Å². The Morgan fingerprint density at radius 1 is 1.18 bits per heavy atom. The molecule has 0 bridgehead atoms. The Labute approximate surface area is 98.8 Å². The Morgan fingerprint density at radius 3 is 2.47 bits per heavy atom. The molecule has 2 aromatic rings. The molecule has 2 rings (SSSR count). The van der Waals surface area contributed by atoms with Gasteiger partial charge in [0.05, 0.1) is 5.52 Å². The Balaban J connectivity index is 2.57. The van der Waals surface area contributed by atoms with Crippen molar-refractivity contribution in [2.24, 2.45) is 0 Å². The number of esters is 1. The van der Waals surface area contributed by atoms with E-state index < -0.39 is 0 Å². The lowest BCUT2D eigenvalue weighted by atomic mass is 10.2. The van der Waals surface area contributed by atoms with Gasteiger partial charge in [-0.25, -0.2) is 0 Å². The number of fused-ring (bicyclic) bond motifs is 1. The summed E-state index contributed by atoms with van der Waals surface area (Å²) < 4.78 is 6.63. The van der Waals surface area contributed by atoms with Crippen LogP contribution in [0.4, 0.5) is 0 Å². The molecule has 17 heavy (non-hydrogen) atoms. The Morgan fingerprint density at radius 2 is 1.88 bits per heavy atom. The minimum Gasteiger partial charge on any atom is -0.427 e. The number of carbonyl (C=O) groups excluding carboxylic acids is 2. The molecule has 4 heteroatoms. The maximum atomic E-state index is 11.5. The van der Waals surface area contributed by atoms with E-state index >= 15 is 0 Å². The molecule has 88 valence electrons. The maximum absolute atomic E-state index is 11.5. The molecule has 0 atom stereocenters. The first-order valence-electron chi connectivity index (χ1n) is 5.30. The van der Waals surface area contributed by atoms with E-state index in [0.29, 0.717) is 5.75 Å². The normalized spacial score (nSPS) is 10.5. The fourth-order valence-electron chi connectivity index (χ4n) is 1.98. The highest BCUT2D eigenvalue weighted by Gasteiger charge is 2.10. The highest BCUT2D eigenvalue weighted by atomic mass is 16.5. The van der Waals surface area contributed by atoms with Crippen LogP contribution < -0.4 is 4.74 Å². The number of aromatic nitrogens is 1. The quantitative estimate of drug-likeness (QED) is 0.559. The SMILES string of the molecule is CC(=O)Oc1ccc2c(c1)cc(C)n2C(C)=O. The summed E-state index contributed by atoms with van der Waals surface area (Å²) >= 11 is 0. The summed E-state index contributed by atoms with van der Waals surface area (Å²) in [7, 11) is 0. The fraction of sp³-hybridized carbons (Fsp3) is 0.231. The third kappa shape index (κ3) is 2.06. The highest BCUT2D eigenvalue weighted by Crippen LogP contribution is 2.24. The molecule has 0 aliphatic rings. The van der Waals surface area contributed by atoms with Gasteiger partial charge in [0.15, 0.2) is 0 Å². The van der Waals surface area contributed by atoms with Crippen molar-refractivity contribution in [1.82, 2.24) is 4.57 Å². The molecule has 0 amide bonds. The maximum Gasteiger partial charge on any atom is 0.308 e. The predicted molar refractivity (Wildman–Crippen MR) is 64.3 cm³/mol. The summed E-state index contributed by atoms with van der Waals surface area (Å²) in [5.74, 6) is 0.107. The van der Waals surface area contributed by atoms with Crippen LogP contribution in [0.5, 0.6) is 5.75 Å². The molecule has 0 spiro atoms. The molecular weight excluding hydrogens is 218 g/mol. The van der Waals surface area contributed by atoms with Crippen molar-refractivity contribution in [2.45, 2.75) is 20.8 Å². The number of aryl methyl sites for hydroxylation is 1. The van der Waals surface area contributed by atoms with Gasteiger partial charge in [-0.1, -0.05) is 0 Å². The number of hydrogen-bond acceptors (Lipinski definition) is 3. The van der Waals surface area contributed by atoms with Gasteiger partial charge in [0.2, 0.25) is 5.91 Å². The summed E-state index contributed by atoms with van der Waals surface area (Å²) in [5, 5.41) is 0.886. The fourth-order valence-corrected chi connectivity index (χ4v) is 1.98. The second-order valence-corrected chi connectivity index (χ2v) is 3.95. The van der Waals surface area contributed by atoms with Gasteiger partial charge in [0.1, 0.15) is 5.75 Å². The first-order valence-corrected chi connectivity index (χ1v) is 5.30. The summed E-state index contributed by atoms with van der Waals surface area (Å²) in [6, 6.07) is 7.11. The smallest absolute Gasteiger partial charge is 0.308 e. The summed E-state index contributed by atoms with van der Waals surface area (Å²) in [5.41, 5.74) is 1.69. The molecule has 0 fully saturated rings. The number of rotatable bonds is 1. The molecule has 0 N–H and O–H groups in total. The van der Waals surface area contributed by atoms with Crippen molar-refractivity contribution in [3.8, 4) is 5.75 Å². The molecule has 4 nitrogen and oxygen atoms in total. The molecule has 0 radical (unpaired) electrons. The van der Waals surface area contributed by atoms with Gasteiger partial charge in [-0.15, -0.1) is 0 Å². The van der Waals surface area contributed by atoms with Crippen LogP contribution in [-0.2, 0) is 4.79 Å². The highest BCUT2D eigenvalue weighted by molar-refractivity contribution is 5.93. The molecule has 0 aliphatic heterocycles. The molecule has 0 unspecified atom stereocenters. The van der Waals surface area contributed by atoms with Gasteiger partial charge in [-0.2, -0.15) is 0 Å². The van der Waals surface area contributed by atoms with Crippen LogP contribution >= 0.6 is 0 Å². The Kier molecular flexibility index (Phi) is 2.71. The van der Waals surface area contributed by atoms with E-state index in [1.54, 1.807) is 22.8 Å². The lowest BCUT2D eigenvalue weighted by Gasteiger charge is -2.03. The number of benzene rings is 1. The number of hydrogen-bond donors (Lipinski definition) is 0. The molecule has 0 saturated heterocycles. The van der Waals surface area contributed by atoms with Gasteiger partial charge < -0.3 is 4.74 Å². The topological polar surface area (TPSA) is 48.3 Å². The van der Waals surface area contributed by atoms with Gasteiger partial charge in [0, 0.05) is 24.9 Å². The number of ether oxygens (including phenoxy) is 1. The molecule has 0 aliphatic carbocycles. The van der Waals surface area contributed by atoms with Crippen molar-refractivity contribution in [1.29, 1.82) is 0 Å². The summed E-state index contributed by atoms with van der Waals surface area (Å²) in [6.45, 7) is 4.75. The van der Waals surface area contributed by atoms with Crippen LogP contribution in [0, 0.1) is 6.92 Å². The third-order valence-electron chi connectivity index (χ3n) is 2.53. The minimum atomic E-state index is -0.355. The van der Waals surface area contributed by atoms with Crippen molar-refractivity contribution >= 4 is 22.8 Å². The van der Waals surface area contributed by atoms with E-state index in [4.69, 9.17) is 4.74 Å². The number of carbonyl (C=O) groups is 2. The predicted octanol–water partition coefficient (Wildman–Crippen LogP) is 2.54. The first kappa shape index (κ1) is 11.4. The van der Waals surface area contributed by atoms with Crippen LogP contribution in [-0.4, -0.2) is 16.4 Å². The molecule has 1 aromatic carbocycles. The zero-order valence-corrected chi connectivity index (χ0v) is 9.98. The van der Waals surface area contributed by atoms with E-state index in [0.717, 1.165) is 16.6 Å². The van der Waals surface area contributed by atoms with Crippen LogP contribution in [0.15, 0.2) is 24.3 Å². The largest absolute Gasteiger partial charge is 0.427 e. The van der Waals surface area contributed by atoms with Gasteiger partial charge >= 0.3 is 5.97 Å². The molecule has 1 heterocycles. The van der Waals surface area contributed by atoms with Gasteiger partial charge in [0.25, 0.3) is 0 Å². The van der Waals surface area contributed by atoms with E-state index in [9.17, 15) is 9.59 Å². The lowest BCUT2D eigenvalue weighted by Crippen LogP contribution is -2.06. The Hall–Kier alpha value is -2.10. The van der Waals surface area contributed by atoms with Gasteiger partial charge in [-0.05, 0) is 31.2 Å². The van der Waals surface area contributed by atoms with Crippen LogP contribution in [0.1, 0.15) is 24.3 Å². The van der Waals surface area contributed by atoms with E-state index in [1.807, 2.05) is 13.0 Å². The first-order chi connectivity index (χ1) is 7.99. The number of nitrogens with zero attached hydrogens (tertiary/aromatic N) is 1. The monoisotopic (exact) mass is 231 g/mol. The van der Waals surface area contributed by atoms with Crippen LogP contribution in [0.25, 0.3) is 10.9 Å². The van der Waals surface area contributed by atoms with Gasteiger partial charge in [-0.3, -0.25) is 14.2 Å². The second-order valence-electron chi connectivity index (χ2n) is 3.95. The molecule has 1 aromatic heterocycles. The summed E-state index contributed by atoms with van der Waals surface area (Å²) in [6.07, 6.45) is 0. The summed E-state index contributed by atoms with van der Waals surface area (Å²) in [4.78, 5) is 22.3. The molecule has 0 saturated carbocycles. The molecular formula is C13H13NO3. The second kappa shape index (κ2) is 4.05. The van der Waals surface area contributed by atoms with Crippen molar-refractivity contribution in [3.05, 3.63) is 30.0 Å². The van der Waals surface area contributed by atoms with E-state index in [2.05, 4.69) is 0 Å².